The summed E-state index contributed by atoms with van der Waals surface area (Å²) in [5.41, 5.74) is 1.69. The Balaban J connectivity index is 2.91. The van der Waals surface area contributed by atoms with Crippen molar-refractivity contribution < 1.29 is 8.42 Å². The fourth-order valence-electron chi connectivity index (χ4n) is 1.56. The largest absolute Gasteiger partial charge is 0.303 e. The summed E-state index contributed by atoms with van der Waals surface area (Å²) < 4.78 is 27.1. The van der Waals surface area contributed by atoms with Crippen molar-refractivity contribution in [1.82, 2.24) is 4.31 Å². The van der Waals surface area contributed by atoms with Crippen LogP contribution < -0.4 is 4.31 Å². The van der Waals surface area contributed by atoms with E-state index in [9.17, 15) is 8.42 Å². The summed E-state index contributed by atoms with van der Waals surface area (Å²) in [7, 11) is -0.352. The highest BCUT2D eigenvalue weighted by atomic mass is 35.5. The van der Waals surface area contributed by atoms with Gasteiger partial charge in [0.25, 0.3) is 0 Å². The lowest BCUT2D eigenvalue weighted by molar-refractivity contribution is 0.468. The maximum Gasteiger partial charge on any atom is 0.303 e. The third-order valence-electron chi connectivity index (χ3n) is 2.71. The van der Waals surface area contributed by atoms with Gasteiger partial charge in [-0.25, -0.2) is 0 Å². The van der Waals surface area contributed by atoms with Gasteiger partial charge in [0, 0.05) is 26.5 Å². The second kappa shape index (κ2) is 6.41. The molecule has 0 saturated heterocycles. The molecule has 0 aliphatic rings. The fraction of sp³-hybridized carbons (Fsp3) is 0.500. The number of halogens is 1. The quantitative estimate of drug-likeness (QED) is 0.754. The van der Waals surface area contributed by atoms with E-state index in [1.807, 2.05) is 25.1 Å². The van der Waals surface area contributed by atoms with Gasteiger partial charge in [0.15, 0.2) is 0 Å². The van der Waals surface area contributed by atoms with Gasteiger partial charge in [-0.15, -0.1) is 11.6 Å². The van der Waals surface area contributed by atoms with Crippen LogP contribution >= 0.6 is 11.6 Å². The molecular weight excluding hydrogens is 272 g/mol. The van der Waals surface area contributed by atoms with E-state index in [0.717, 1.165) is 5.56 Å². The van der Waals surface area contributed by atoms with Crippen molar-refractivity contribution in [1.29, 1.82) is 0 Å². The molecule has 0 unspecified atom stereocenters. The molecule has 0 radical (unpaired) electrons. The van der Waals surface area contributed by atoms with Gasteiger partial charge in [-0.05, 0) is 31.0 Å². The Labute approximate surface area is 114 Å². The van der Waals surface area contributed by atoms with Gasteiger partial charge in [-0.3, -0.25) is 4.31 Å². The van der Waals surface area contributed by atoms with Gasteiger partial charge in [0.05, 0.1) is 5.69 Å². The summed E-state index contributed by atoms with van der Waals surface area (Å²) >= 11 is 5.58. The highest BCUT2D eigenvalue weighted by Crippen LogP contribution is 2.19. The Kier molecular flexibility index (Phi) is 5.44. The third kappa shape index (κ3) is 3.60. The van der Waals surface area contributed by atoms with Crippen LogP contribution in [0.15, 0.2) is 24.3 Å². The summed E-state index contributed by atoms with van der Waals surface area (Å²) in [6.07, 6.45) is 0.638. The first kappa shape index (κ1) is 15.3. The average Bonchev–Trinajstić information content (AvgIpc) is 2.34. The van der Waals surface area contributed by atoms with Crippen molar-refractivity contribution in [2.75, 3.05) is 30.8 Å². The Morgan fingerprint density at radius 1 is 1.28 bits per heavy atom. The molecule has 0 amide bonds. The van der Waals surface area contributed by atoms with E-state index >= 15 is 0 Å². The Morgan fingerprint density at radius 2 is 1.94 bits per heavy atom. The number of hydrogen-bond acceptors (Lipinski definition) is 2. The molecule has 6 heteroatoms. The van der Waals surface area contributed by atoms with Gasteiger partial charge in [-0.2, -0.15) is 12.7 Å². The second-order valence-corrected chi connectivity index (χ2v) is 6.62. The molecule has 1 aromatic carbocycles. The zero-order chi connectivity index (χ0) is 13.8. The van der Waals surface area contributed by atoms with Crippen LogP contribution in [0.3, 0.4) is 0 Å². The summed E-state index contributed by atoms with van der Waals surface area (Å²) in [4.78, 5) is 0. The first-order valence-corrected chi connectivity index (χ1v) is 7.65. The van der Waals surface area contributed by atoms with Crippen LogP contribution in [0.4, 0.5) is 5.69 Å². The first-order valence-electron chi connectivity index (χ1n) is 5.72. The van der Waals surface area contributed by atoms with E-state index in [1.165, 1.54) is 8.61 Å². The smallest absolute Gasteiger partial charge is 0.261 e. The lowest BCUT2D eigenvalue weighted by Gasteiger charge is -2.25. The van der Waals surface area contributed by atoms with E-state index < -0.39 is 10.2 Å². The molecule has 0 saturated carbocycles. The molecule has 102 valence electrons. The maximum atomic E-state index is 12.3. The molecule has 0 bridgehead atoms. The number of alkyl halides is 1. The lowest BCUT2D eigenvalue weighted by Crippen LogP contribution is -2.40. The molecule has 0 heterocycles. The van der Waals surface area contributed by atoms with Crippen LogP contribution in [0.5, 0.6) is 0 Å². The Bertz CT molecular complexity index is 491. The van der Waals surface area contributed by atoms with E-state index in [2.05, 4.69) is 0 Å². The highest BCUT2D eigenvalue weighted by Gasteiger charge is 2.23. The minimum Gasteiger partial charge on any atom is -0.261 e. The first-order chi connectivity index (χ1) is 8.39. The third-order valence-corrected chi connectivity index (χ3v) is 4.85. The van der Waals surface area contributed by atoms with Crippen molar-refractivity contribution in [2.45, 2.75) is 13.3 Å². The molecule has 0 atom stereocenters. The molecule has 0 aromatic heterocycles. The van der Waals surface area contributed by atoms with Gasteiger partial charge in [-0.1, -0.05) is 12.1 Å². The Hall–Kier alpha value is -0.780. The summed E-state index contributed by atoms with van der Waals surface area (Å²) in [5, 5.41) is 0. The van der Waals surface area contributed by atoms with E-state index in [1.54, 1.807) is 20.2 Å². The maximum absolute atomic E-state index is 12.3. The number of anilines is 1. The molecule has 0 fully saturated rings. The van der Waals surface area contributed by atoms with Crippen LogP contribution in [0, 0.1) is 6.92 Å². The lowest BCUT2D eigenvalue weighted by atomic mass is 10.2. The summed E-state index contributed by atoms with van der Waals surface area (Å²) in [6, 6.07) is 7.39. The van der Waals surface area contributed by atoms with E-state index in [4.69, 9.17) is 11.6 Å². The number of aryl methyl sites for hydroxylation is 1. The standard InChI is InChI=1S/C12H19ClN2O2S/c1-11-6-4-7-12(10-11)15(3)18(16,17)14(2)9-5-8-13/h4,6-7,10H,5,8-9H2,1-3H3. The minimum atomic E-state index is -3.47. The molecule has 1 aromatic rings. The molecular formula is C12H19ClN2O2S. The molecule has 0 aliphatic carbocycles. The number of benzene rings is 1. The predicted molar refractivity (Wildman–Crippen MR) is 76.5 cm³/mol. The van der Waals surface area contributed by atoms with E-state index in [0.29, 0.717) is 24.5 Å². The summed E-state index contributed by atoms with van der Waals surface area (Å²) in [6.45, 7) is 2.35. The van der Waals surface area contributed by atoms with Gasteiger partial charge < -0.3 is 0 Å². The number of hydrogen-bond donors (Lipinski definition) is 0. The molecule has 4 nitrogen and oxygen atoms in total. The topological polar surface area (TPSA) is 40.6 Å². The molecule has 18 heavy (non-hydrogen) atoms. The second-order valence-electron chi connectivity index (χ2n) is 4.18. The van der Waals surface area contributed by atoms with Gasteiger partial charge >= 0.3 is 10.2 Å². The SMILES string of the molecule is Cc1cccc(N(C)S(=O)(=O)N(C)CCCCl)c1. The van der Waals surface area contributed by atoms with Crippen molar-refractivity contribution in [3.63, 3.8) is 0 Å². The zero-order valence-electron chi connectivity index (χ0n) is 10.9. The van der Waals surface area contributed by atoms with Gasteiger partial charge in [0.1, 0.15) is 0 Å². The van der Waals surface area contributed by atoms with Crippen LogP contribution in [-0.4, -0.2) is 39.2 Å². The monoisotopic (exact) mass is 290 g/mol. The zero-order valence-corrected chi connectivity index (χ0v) is 12.5. The highest BCUT2D eigenvalue weighted by molar-refractivity contribution is 7.90. The van der Waals surface area contributed by atoms with Crippen molar-refractivity contribution >= 4 is 27.5 Å². The average molecular weight is 291 g/mol. The molecule has 1 rings (SSSR count). The van der Waals surface area contributed by atoms with Gasteiger partial charge in [0.2, 0.25) is 0 Å². The molecule has 0 N–H and O–H groups in total. The Morgan fingerprint density at radius 3 is 2.50 bits per heavy atom. The van der Waals surface area contributed by atoms with Crippen LogP contribution in [0.2, 0.25) is 0 Å². The van der Waals surface area contributed by atoms with Crippen LogP contribution in [0.1, 0.15) is 12.0 Å². The fourth-order valence-corrected chi connectivity index (χ4v) is 2.84. The predicted octanol–water partition coefficient (Wildman–Crippen LogP) is 2.24. The normalized spacial score (nSPS) is 11.8. The number of nitrogens with zero attached hydrogens (tertiary/aromatic N) is 2. The molecule has 0 spiro atoms. The summed E-state index contributed by atoms with van der Waals surface area (Å²) in [5.74, 6) is 0.452. The van der Waals surface area contributed by atoms with E-state index in [-0.39, 0.29) is 0 Å². The van der Waals surface area contributed by atoms with Crippen LogP contribution in [0.25, 0.3) is 0 Å². The van der Waals surface area contributed by atoms with Crippen molar-refractivity contribution in [2.24, 2.45) is 0 Å². The molecule has 0 aliphatic heterocycles. The minimum absolute atomic E-state index is 0.419. The van der Waals surface area contributed by atoms with Crippen molar-refractivity contribution in [3.05, 3.63) is 29.8 Å². The van der Waals surface area contributed by atoms with Crippen molar-refractivity contribution in [3.8, 4) is 0 Å². The number of rotatable bonds is 6. The van der Waals surface area contributed by atoms with Crippen LogP contribution in [-0.2, 0) is 10.2 Å².